The van der Waals surface area contributed by atoms with E-state index in [4.69, 9.17) is 0 Å². The van der Waals surface area contributed by atoms with Gasteiger partial charge in [-0.05, 0) is 36.1 Å². The molecular formula is C25H24N2O5S. The quantitative estimate of drug-likeness (QED) is 0.394. The van der Waals surface area contributed by atoms with Crippen LogP contribution < -0.4 is 9.03 Å². The molecule has 8 heteroatoms. The molecule has 2 unspecified atom stereocenters. The highest BCUT2D eigenvalue weighted by molar-refractivity contribution is 7.91. The molecule has 1 aliphatic heterocycles. The number of rotatable bonds is 8. The molecule has 2 atom stereocenters. The van der Waals surface area contributed by atoms with Crippen molar-refractivity contribution < 1.29 is 23.1 Å². The highest BCUT2D eigenvalue weighted by atomic mass is 32.2. The number of nitrogens with one attached hydrogen (secondary N) is 1. The Kier molecular flexibility index (Phi) is 6.57. The largest absolute Gasteiger partial charge is 0.506 e. The number of carbonyl (C=O) groups is 2. The van der Waals surface area contributed by atoms with E-state index < -0.39 is 16.3 Å². The van der Waals surface area contributed by atoms with Crippen LogP contribution >= 0.6 is 0 Å². The maximum absolute atomic E-state index is 13.3. The van der Waals surface area contributed by atoms with Gasteiger partial charge in [-0.2, -0.15) is 13.1 Å². The number of hydrogen-bond donors (Lipinski definition) is 2. The minimum Gasteiger partial charge on any atom is -0.506 e. The standard InChI is InChI=1S/C25H24N2O5S/c28-17-22-16-27(33(31,32)26-22)23-12-11-19(15-24(23)29)14-21(13-18-7-3-1-4-8-18)25(30)20-9-5-2-6-10-20/h1-12,15,17,21-22,26,29H,13-14,16H2. The average molecular weight is 465 g/mol. The summed E-state index contributed by atoms with van der Waals surface area (Å²) in [5.41, 5.74) is 2.44. The summed E-state index contributed by atoms with van der Waals surface area (Å²) < 4.78 is 27.8. The lowest BCUT2D eigenvalue weighted by Crippen LogP contribution is -2.30. The molecule has 0 radical (unpaired) electrons. The van der Waals surface area contributed by atoms with Crippen molar-refractivity contribution in [2.24, 2.45) is 5.92 Å². The number of ketones is 1. The minimum atomic E-state index is -3.91. The number of Topliss-reactive ketones (excluding diaryl/α,β-unsaturated/α-hetero) is 1. The van der Waals surface area contributed by atoms with Crippen molar-refractivity contribution in [3.8, 4) is 5.75 Å². The van der Waals surface area contributed by atoms with Crippen LogP contribution in [0.15, 0.2) is 78.9 Å². The van der Waals surface area contributed by atoms with E-state index >= 15 is 0 Å². The minimum absolute atomic E-state index is 0.00293. The van der Waals surface area contributed by atoms with E-state index in [1.807, 2.05) is 48.5 Å². The van der Waals surface area contributed by atoms with E-state index in [9.17, 15) is 23.1 Å². The van der Waals surface area contributed by atoms with Gasteiger partial charge in [0.25, 0.3) is 0 Å². The summed E-state index contributed by atoms with van der Waals surface area (Å²) in [6.07, 6.45) is 1.42. The first-order valence-corrected chi connectivity index (χ1v) is 12.0. The van der Waals surface area contributed by atoms with Crippen LogP contribution in [0.5, 0.6) is 5.75 Å². The van der Waals surface area contributed by atoms with Gasteiger partial charge in [0, 0.05) is 11.5 Å². The maximum Gasteiger partial charge on any atom is 0.302 e. The second kappa shape index (κ2) is 9.56. The number of phenolic OH excluding ortho intramolecular Hbond substituents is 1. The third-order valence-electron chi connectivity index (χ3n) is 5.66. The molecule has 3 aromatic carbocycles. The maximum atomic E-state index is 13.3. The summed E-state index contributed by atoms with van der Waals surface area (Å²) in [5.74, 6) is -0.588. The SMILES string of the molecule is O=CC1CN(c2ccc(CC(Cc3ccccc3)C(=O)c3ccccc3)cc2O)S(=O)(=O)N1. The van der Waals surface area contributed by atoms with Crippen LogP contribution in [-0.4, -0.2) is 38.2 Å². The number of aldehydes is 1. The molecule has 1 heterocycles. The van der Waals surface area contributed by atoms with E-state index in [-0.39, 0.29) is 29.7 Å². The fraction of sp³-hybridized carbons (Fsp3) is 0.200. The summed E-state index contributed by atoms with van der Waals surface area (Å²) in [4.78, 5) is 24.3. The molecule has 4 rings (SSSR count). The van der Waals surface area contributed by atoms with Crippen molar-refractivity contribution >= 4 is 28.0 Å². The van der Waals surface area contributed by atoms with Gasteiger partial charge in [0.2, 0.25) is 0 Å². The van der Waals surface area contributed by atoms with Crippen molar-refractivity contribution in [3.05, 3.63) is 95.6 Å². The van der Waals surface area contributed by atoms with E-state index in [1.165, 1.54) is 12.1 Å². The number of phenols is 1. The predicted molar refractivity (Wildman–Crippen MR) is 125 cm³/mol. The third-order valence-corrected chi connectivity index (χ3v) is 7.19. The fourth-order valence-corrected chi connectivity index (χ4v) is 5.46. The predicted octanol–water partition coefficient (Wildman–Crippen LogP) is 2.90. The highest BCUT2D eigenvalue weighted by Gasteiger charge is 2.36. The van der Waals surface area contributed by atoms with E-state index in [0.29, 0.717) is 30.3 Å². The van der Waals surface area contributed by atoms with Gasteiger partial charge in [-0.15, -0.1) is 0 Å². The molecule has 0 aromatic heterocycles. The third kappa shape index (κ3) is 5.13. The monoisotopic (exact) mass is 464 g/mol. The Morgan fingerprint density at radius 2 is 1.64 bits per heavy atom. The summed E-state index contributed by atoms with van der Waals surface area (Å²) in [6.45, 7) is -0.0954. The van der Waals surface area contributed by atoms with Crippen LogP contribution in [0.25, 0.3) is 0 Å². The van der Waals surface area contributed by atoms with Gasteiger partial charge in [-0.1, -0.05) is 66.7 Å². The molecule has 0 bridgehead atoms. The first kappa shape index (κ1) is 22.7. The number of hydrogen-bond acceptors (Lipinski definition) is 5. The van der Waals surface area contributed by atoms with Gasteiger partial charge in [-0.3, -0.25) is 9.10 Å². The highest BCUT2D eigenvalue weighted by Crippen LogP contribution is 2.33. The zero-order valence-electron chi connectivity index (χ0n) is 17.8. The van der Waals surface area contributed by atoms with Crippen LogP contribution in [-0.2, 0) is 27.8 Å². The number of carbonyl (C=O) groups excluding carboxylic acids is 2. The van der Waals surface area contributed by atoms with Gasteiger partial charge in [0.15, 0.2) is 5.78 Å². The fourth-order valence-electron chi connectivity index (χ4n) is 4.05. The molecule has 0 aliphatic carbocycles. The first-order chi connectivity index (χ1) is 15.9. The van der Waals surface area contributed by atoms with E-state index in [0.717, 1.165) is 9.87 Å². The van der Waals surface area contributed by atoms with Crippen LogP contribution in [0.2, 0.25) is 0 Å². The van der Waals surface area contributed by atoms with E-state index in [1.54, 1.807) is 18.2 Å². The van der Waals surface area contributed by atoms with Crippen molar-refractivity contribution in [1.82, 2.24) is 4.72 Å². The van der Waals surface area contributed by atoms with E-state index in [2.05, 4.69) is 4.72 Å². The van der Waals surface area contributed by atoms with Gasteiger partial charge in [-0.25, -0.2) is 0 Å². The summed E-state index contributed by atoms with van der Waals surface area (Å²) >= 11 is 0. The number of aromatic hydroxyl groups is 1. The van der Waals surface area contributed by atoms with Crippen LogP contribution in [0.4, 0.5) is 5.69 Å². The molecular weight excluding hydrogens is 440 g/mol. The molecule has 1 fully saturated rings. The molecule has 33 heavy (non-hydrogen) atoms. The zero-order valence-corrected chi connectivity index (χ0v) is 18.6. The molecule has 2 N–H and O–H groups in total. The van der Waals surface area contributed by atoms with Gasteiger partial charge < -0.3 is 9.90 Å². The zero-order chi connectivity index (χ0) is 23.4. The lowest BCUT2D eigenvalue weighted by Gasteiger charge is -2.20. The van der Waals surface area contributed by atoms with Crippen molar-refractivity contribution in [2.75, 3.05) is 10.8 Å². The molecule has 7 nitrogen and oxygen atoms in total. The van der Waals surface area contributed by atoms with Gasteiger partial charge >= 0.3 is 10.2 Å². The number of benzene rings is 3. The Labute approximate surface area is 192 Å². The molecule has 0 amide bonds. The normalized spacial score (nSPS) is 18.1. The lowest BCUT2D eigenvalue weighted by molar-refractivity contribution is -0.108. The molecule has 1 saturated heterocycles. The second-order valence-electron chi connectivity index (χ2n) is 8.04. The van der Waals surface area contributed by atoms with Crippen LogP contribution in [0.3, 0.4) is 0 Å². The Morgan fingerprint density at radius 3 is 2.24 bits per heavy atom. The van der Waals surface area contributed by atoms with Crippen molar-refractivity contribution in [2.45, 2.75) is 18.9 Å². The average Bonchev–Trinajstić information content (AvgIpc) is 3.13. The lowest BCUT2D eigenvalue weighted by atomic mass is 9.86. The summed E-state index contributed by atoms with van der Waals surface area (Å²) in [7, 11) is -3.91. The summed E-state index contributed by atoms with van der Waals surface area (Å²) in [6, 6.07) is 22.6. The van der Waals surface area contributed by atoms with Gasteiger partial charge in [0.05, 0.1) is 18.3 Å². The molecule has 0 saturated carbocycles. The molecule has 3 aromatic rings. The van der Waals surface area contributed by atoms with Crippen molar-refractivity contribution in [3.63, 3.8) is 0 Å². The smallest absolute Gasteiger partial charge is 0.302 e. The molecule has 170 valence electrons. The Hall–Kier alpha value is -3.49. The van der Waals surface area contributed by atoms with Crippen LogP contribution in [0, 0.1) is 5.92 Å². The number of anilines is 1. The summed E-state index contributed by atoms with van der Waals surface area (Å²) in [5, 5.41) is 10.6. The molecule has 1 aliphatic rings. The Morgan fingerprint density at radius 1 is 1.00 bits per heavy atom. The van der Waals surface area contributed by atoms with Gasteiger partial charge in [0.1, 0.15) is 12.0 Å². The first-order valence-electron chi connectivity index (χ1n) is 10.6. The topological polar surface area (TPSA) is 104 Å². The Balaban J connectivity index is 1.60. The molecule has 0 spiro atoms. The van der Waals surface area contributed by atoms with Crippen LogP contribution in [0.1, 0.15) is 21.5 Å². The number of nitrogens with zero attached hydrogens (tertiary/aromatic N) is 1. The Bertz CT molecular complexity index is 1250. The van der Waals surface area contributed by atoms with Crippen molar-refractivity contribution in [1.29, 1.82) is 0 Å². The second-order valence-corrected chi connectivity index (χ2v) is 9.67.